The van der Waals surface area contributed by atoms with Crippen molar-refractivity contribution in [2.24, 2.45) is 11.8 Å². The molecule has 0 amide bonds. The molecule has 0 aromatic heterocycles. The summed E-state index contributed by atoms with van der Waals surface area (Å²) in [5.74, 6) is -0.585. The van der Waals surface area contributed by atoms with Gasteiger partial charge < -0.3 is 9.47 Å². The van der Waals surface area contributed by atoms with Crippen LogP contribution in [0.15, 0.2) is 0 Å². The van der Waals surface area contributed by atoms with Crippen molar-refractivity contribution in [3.8, 4) is 0 Å². The van der Waals surface area contributed by atoms with Crippen LogP contribution < -0.4 is 0 Å². The second kappa shape index (κ2) is 8.09. The number of hydrogen-bond donors (Lipinski definition) is 0. The number of esters is 2. The Bertz CT molecular complexity index is 248. The lowest BCUT2D eigenvalue weighted by Gasteiger charge is -2.20. The van der Waals surface area contributed by atoms with Crippen molar-refractivity contribution >= 4 is 11.9 Å². The van der Waals surface area contributed by atoms with E-state index in [0.29, 0.717) is 13.0 Å². The minimum atomic E-state index is -0.786. The summed E-state index contributed by atoms with van der Waals surface area (Å²) in [7, 11) is 0. The molecule has 0 aliphatic rings. The summed E-state index contributed by atoms with van der Waals surface area (Å²) in [5.41, 5.74) is 0. The molecule has 0 saturated heterocycles. The summed E-state index contributed by atoms with van der Waals surface area (Å²) in [5, 5.41) is 0. The zero-order chi connectivity index (χ0) is 13.4. The van der Waals surface area contributed by atoms with Gasteiger partial charge in [-0.1, -0.05) is 34.1 Å². The lowest BCUT2D eigenvalue weighted by molar-refractivity contribution is -0.171. The molecule has 4 heteroatoms. The largest absolute Gasteiger partial charge is 0.463 e. The fraction of sp³-hybridized carbons (Fsp3) is 0.846. The van der Waals surface area contributed by atoms with E-state index >= 15 is 0 Å². The second-order valence-corrected chi connectivity index (χ2v) is 4.62. The molecule has 0 aliphatic heterocycles. The molecule has 17 heavy (non-hydrogen) atoms. The average Bonchev–Trinajstić information content (AvgIpc) is 2.25. The Hall–Kier alpha value is -1.06. The summed E-state index contributed by atoms with van der Waals surface area (Å²) in [4.78, 5) is 23.2. The SMILES string of the molecule is CCOC(=O)C(OC(=O)CC(C)CC)C(C)C. The van der Waals surface area contributed by atoms with E-state index in [1.54, 1.807) is 6.92 Å². The Morgan fingerprint density at radius 1 is 1.12 bits per heavy atom. The monoisotopic (exact) mass is 244 g/mol. The van der Waals surface area contributed by atoms with Crippen molar-refractivity contribution in [3.63, 3.8) is 0 Å². The van der Waals surface area contributed by atoms with Gasteiger partial charge in [-0.25, -0.2) is 4.79 Å². The predicted octanol–water partition coefficient (Wildman–Crippen LogP) is 2.55. The van der Waals surface area contributed by atoms with E-state index in [1.165, 1.54) is 0 Å². The van der Waals surface area contributed by atoms with Crippen molar-refractivity contribution in [2.75, 3.05) is 6.61 Å². The number of carbonyl (C=O) groups excluding carboxylic acids is 2. The molecule has 2 atom stereocenters. The second-order valence-electron chi connectivity index (χ2n) is 4.62. The van der Waals surface area contributed by atoms with Crippen LogP contribution in [0.1, 0.15) is 47.5 Å². The first-order valence-electron chi connectivity index (χ1n) is 6.28. The minimum Gasteiger partial charge on any atom is -0.463 e. The maximum Gasteiger partial charge on any atom is 0.347 e. The Balaban J connectivity index is 4.35. The van der Waals surface area contributed by atoms with Crippen LogP contribution in [0.4, 0.5) is 0 Å². The van der Waals surface area contributed by atoms with E-state index in [1.807, 2.05) is 27.7 Å². The van der Waals surface area contributed by atoms with Crippen molar-refractivity contribution in [1.29, 1.82) is 0 Å². The highest BCUT2D eigenvalue weighted by molar-refractivity contribution is 5.79. The minimum absolute atomic E-state index is 0.0741. The third kappa shape index (κ3) is 6.29. The molecule has 0 fully saturated rings. The van der Waals surface area contributed by atoms with Gasteiger partial charge in [-0.2, -0.15) is 0 Å². The van der Waals surface area contributed by atoms with E-state index in [0.717, 1.165) is 6.42 Å². The quantitative estimate of drug-likeness (QED) is 0.646. The first kappa shape index (κ1) is 15.9. The Morgan fingerprint density at radius 2 is 1.71 bits per heavy atom. The summed E-state index contributed by atoms with van der Waals surface area (Å²) in [6.45, 7) is 9.69. The molecule has 0 aliphatic carbocycles. The molecule has 2 unspecified atom stereocenters. The molecule has 0 bridgehead atoms. The van der Waals surface area contributed by atoms with Gasteiger partial charge in [-0.15, -0.1) is 0 Å². The van der Waals surface area contributed by atoms with Gasteiger partial charge in [0.2, 0.25) is 6.10 Å². The first-order valence-corrected chi connectivity index (χ1v) is 6.28. The molecule has 0 heterocycles. The third-order valence-electron chi connectivity index (χ3n) is 2.59. The number of hydrogen-bond acceptors (Lipinski definition) is 4. The molecule has 4 nitrogen and oxygen atoms in total. The van der Waals surface area contributed by atoms with Crippen LogP contribution in [0.2, 0.25) is 0 Å². The van der Waals surface area contributed by atoms with Crippen molar-refractivity contribution in [2.45, 2.75) is 53.6 Å². The van der Waals surface area contributed by atoms with Crippen LogP contribution >= 0.6 is 0 Å². The maximum absolute atomic E-state index is 11.6. The van der Waals surface area contributed by atoms with E-state index in [9.17, 15) is 9.59 Å². The lowest BCUT2D eigenvalue weighted by atomic mass is 10.0. The standard InChI is InChI=1S/C13H24O4/c1-6-10(5)8-11(14)17-12(9(3)4)13(15)16-7-2/h9-10,12H,6-8H2,1-5H3. The molecule has 0 N–H and O–H groups in total. The Labute approximate surface area is 104 Å². The van der Waals surface area contributed by atoms with Crippen LogP contribution in [0, 0.1) is 11.8 Å². The van der Waals surface area contributed by atoms with Crippen molar-refractivity contribution in [1.82, 2.24) is 0 Å². The zero-order valence-corrected chi connectivity index (χ0v) is 11.5. The average molecular weight is 244 g/mol. The van der Waals surface area contributed by atoms with E-state index < -0.39 is 12.1 Å². The normalized spacial score (nSPS) is 14.2. The van der Waals surface area contributed by atoms with E-state index in [-0.39, 0.29) is 17.8 Å². The maximum atomic E-state index is 11.6. The number of rotatable bonds is 7. The summed E-state index contributed by atoms with van der Waals surface area (Å²) in [6, 6.07) is 0. The molecule has 0 saturated carbocycles. The van der Waals surface area contributed by atoms with Crippen molar-refractivity contribution in [3.05, 3.63) is 0 Å². The highest BCUT2D eigenvalue weighted by Gasteiger charge is 2.27. The summed E-state index contributed by atoms with van der Waals surface area (Å²) >= 11 is 0. The fourth-order valence-electron chi connectivity index (χ4n) is 1.30. The van der Waals surface area contributed by atoms with Gasteiger partial charge in [0.05, 0.1) is 6.61 Å². The molecule has 0 rings (SSSR count). The Kier molecular flexibility index (Phi) is 7.59. The van der Waals surface area contributed by atoms with Gasteiger partial charge in [-0.05, 0) is 12.8 Å². The highest BCUT2D eigenvalue weighted by atomic mass is 16.6. The number of carbonyl (C=O) groups is 2. The summed E-state index contributed by atoms with van der Waals surface area (Å²) < 4.78 is 10.1. The van der Waals surface area contributed by atoms with E-state index in [2.05, 4.69) is 0 Å². The van der Waals surface area contributed by atoms with Crippen LogP contribution in [0.3, 0.4) is 0 Å². The lowest BCUT2D eigenvalue weighted by Crippen LogP contribution is -2.34. The molecule has 0 aromatic rings. The molecule has 0 radical (unpaired) electrons. The Morgan fingerprint density at radius 3 is 2.12 bits per heavy atom. The molecule has 0 aromatic carbocycles. The van der Waals surface area contributed by atoms with Crippen LogP contribution in [0.25, 0.3) is 0 Å². The van der Waals surface area contributed by atoms with Gasteiger partial charge in [0.1, 0.15) is 0 Å². The van der Waals surface area contributed by atoms with Crippen LogP contribution in [-0.2, 0) is 19.1 Å². The topological polar surface area (TPSA) is 52.6 Å². The van der Waals surface area contributed by atoms with Gasteiger partial charge in [0.25, 0.3) is 0 Å². The summed E-state index contributed by atoms with van der Waals surface area (Å²) in [6.07, 6.45) is 0.478. The zero-order valence-electron chi connectivity index (χ0n) is 11.5. The molecular weight excluding hydrogens is 220 g/mol. The van der Waals surface area contributed by atoms with Crippen molar-refractivity contribution < 1.29 is 19.1 Å². The molecule has 100 valence electrons. The van der Waals surface area contributed by atoms with E-state index in [4.69, 9.17) is 9.47 Å². The van der Waals surface area contributed by atoms with Crippen LogP contribution in [0.5, 0.6) is 0 Å². The number of ether oxygens (including phenoxy) is 2. The van der Waals surface area contributed by atoms with Crippen LogP contribution in [-0.4, -0.2) is 24.6 Å². The van der Waals surface area contributed by atoms with Gasteiger partial charge in [-0.3, -0.25) is 4.79 Å². The van der Waals surface area contributed by atoms with Gasteiger partial charge in [0, 0.05) is 12.3 Å². The van der Waals surface area contributed by atoms with Gasteiger partial charge >= 0.3 is 11.9 Å². The smallest absolute Gasteiger partial charge is 0.347 e. The highest BCUT2D eigenvalue weighted by Crippen LogP contribution is 2.13. The molecular formula is C13H24O4. The fourth-order valence-corrected chi connectivity index (χ4v) is 1.30. The third-order valence-corrected chi connectivity index (χ3v) is 2.59. The predicted molar refractivity (Wildman–Crippen MR) is 65.4 cm³/mol. The first-order chi connectivity index (χ1) is 7.92. The van der Waals surface area contributed by atoms with Gasteiger partial charge in [0.15, 0.2) is 0 Å². The molecule has 0 spiro atoms.